The van der Waals surface area contributed by atoms with E-state index in [0.717, 1.165) is 58.7 Å². The van der Waals surface area contributed by atoms with Crippen molar-refractivity contribution in [3.05, 3.63) is 0 Å². The number of nitrogens with one attached hydrogen (secondary N) is 1. The summed E-state index contributed by atoms with van der Waals surface area (Å²) in [4.78, 5) is 17.6. The zero-order chi connectivity index (χ0) is 15.9. The number of likely N-dealkylation sites (N-methyl/N-ethyl adjacent to an activating group) is 1. The Hall–Kier alpha value is -0.610. The van der Waals surface area contributed by atoms with Crippen molar-refractivity contribution in [3.63, 3.8) is 0 Å². The highest BCUT2D eigenvalue weighted by Crippen LogP contribution is 2.32. The summed E-state index contributed by atoms with van der Waals surface area (Å²) in [6, 6.07) is 0. The third-order valence-corrected chi connectivity index (χ3v) is 4.83. The number of hydrogen-bond acceptors (Lipinski definition) is 3. The molecule has 0 saturated carbocycles. The summed E-state index contributed by atoms with van der Waals surface area (Å²) in [5.41, 5.74) is -0.155. The minimum atomic E-state index is -0.155. The summed E-state index contributed by atoms with van der Waals surface area (Å²) < 4.78 is 0. The highest BCUT2D eigenvalue weighted by Gasteiger charge is 2.41. The smallest absolute Gasteiger partial charge is 0.230 e. The molecule has 1 aliphatic heterocycles. The molecule has 1 unspecified atom stereocenters. The van der Waals surface area contributed by atoms with E-state index in [9.17, 15) is 4.79 Å². The van der Waals surface area contributed by atoms with Crippen molar-refractivity contribution >= 4 is 5.91 Å². The van der Waals surface area contributed by atoms with Crippen LogP contribution in [0.3, 0.4) is 0 Å². The van der Waals surface area contributed by atoms with Crippen molar-refractivity contribution in [3.8, 4) is 0 Å². The van der Waals surface area contributed by atoms with Crippen LogP contribution >= 0.6 is 0 Å². The fraction of sp³-hybridized carbons (Fsp3) is 0.941. The normalized spacial score (nSPS) is 22.2. The fourth-order valence-corrected chi connectivity index (χ4v) is 3.23. The minimum Gasteiger partial charge on any atom is -0.341 e. The van der Waals surface area contributed by atoms with Gasteiger partial charge in [-0.2, -0.15) is 0 Å². The molecule has 0 aliphatic carbocycles. The lowest BCUT2D eigenvalue weighted by Gasteiger charge is -2.35. The minimum absolute atomic E-state index is 0.155. The second kappa shape index (κ2) is 8.74. The highest BCUT2D eigenvalue weighted by molar-refractivity contribution is 5.83. The van der Waals surface area contributed by atoms with Gasteiger partial charge in [-0.25, -0.2) is 0 Å². The molecule has 1 aliphatic rings. The van der Waals surface area contributed by atoms with Crippen LogP contribution < -0.4 is 5.32 Å². The first-order chi connectivity index (χ1) is 9.99. The summed E-state index contributed by atoms with van der Waals surface area (Å²) in [5.74, 6) is 0.893. The van der Waals surface area contributed by atoms with Crippen molar-refractivity contribution in [2.24, 2.45) is 11.3 Å². The number of carbonyl (C=O) groups excluding carboxylic acids is 1. The van der Waals surface area contributed by atoms with E-state index < -0.39 is 0 Å². The molecule has 124 valence electrons. The maximum Gasteiger partial charge on any atom is 0.230 e. The van der Waals surface area contributed by atoms with E-state index in [2.05, 4.69) is 49.7 Å². The van der Waals surface area contributed by atoms with Gasteiger partial charge >= 0.3 is 0 Å². The molecule has 0 aromatic rings. The van der Waals surface area contributed by atoms with Crippen LogP contribution in [-0.2, 0) is 4.79 Å². The second-order valence-electron chi connectivity index (χ2n) is 6.73. The van der Waals surface area contributed by atoms with Crippen LogP contribution in [-0.4, -0.2) is 61.5 Å². The van der Waals surface area contributed by atoms with Crippen molar-refractivity contribution in [2.75, 3.05) is 45.8 Å². The lowest BCUT2D eigenvalue weighted by Crippen LogP contribution is -2.48. The molecule has 4 nitrogen and oxygen atoms in total. The number of amides is 1. The van der Waals surface area contributed by atoms with Gasteiger partial charge in [-0.1, -0.05) is 34.6 Å². The zero-order valence-electron chi connectivity index (χ0n) is 14.7. The molecule has 1 atom stereocenters. The molecule has 21 heavy (non-hydrogen) atoms. The van der Waals surface area contributed by atoms with Crippen molar-refractivity contribution in [1.29, 1.82) is 0 Å². The molecule has 1 fully saturated rings. The van der Waals surface area contributed by atoms with Gasteiger partial charge in [-0.05, 0) is 38.4 Å². The SMILES string of the molecule is CCN(CC)CCN(CC(C)C)C(=O)C1(CC)CCNC1. The maximum absolute atomic E-state index is 13.1. The van der Waals surface area contributed by atoms with Gasteiger partial charge in [-0.15, -0.1) is 0 Å². The zero-order valence-corrected chi connectivity index (χ0v) is 14.7. The highest BCUT2D eigenvalue weighted by atomic mass is 16.2. The Morgan fingerprint density at radius 2 is 1.86 bits per heavy atom. The molecule has 1 heterocycles. The predicted molar refractivity (Wildman–Crippen MR) is 89.4 cm³/mol. The van der Waals surface area contributed by atoms with E-state index in [4.69, 9.17) is 0 Å². The number of rotatable bonds is 9. The van der Waals surface area contributed by atoms with E-state index in [-0.39, 0.29) is 5.41 Å². The Morgan fingerprint density at radius 3 is 2.29 bits per heavy atom. The van der Waals surface area contributed by atoms with Crippen LogP contribution in [0.1, 0.15) is 47.5 Å². The molecular formula is C17H35N3O. The van der Waals surface area contributed by atoms with E-state index in [1.54, 1.807) is 0 Å². The molecular weight excluding hydrogens is 262 g/mol. The Balaban J connectivity index is 2.73. The van der Waals surface area contributed by atoms with Crippen LogP contribution in [0, 0.1) is 11.3 Å². The third-order valence-electron chi connectivity index (χ3n) is 4.83. The first-order valence-electron chi connectivity index (χ1n) is 8.71. The number of hydrogen-bond donors (Lipinski definition) is 1. The largest absolute Gasteiger partial charge is 0.341 e. The Morgan fingerprint density at radius 1 is 1.19 bits per heavy atom. The van der Waals surface area contributed by atoms with Crippen LogP contribution in [0.25, 0.3) is 0 Å². The van der Waals surface area contributed by atoms with Crippen molar-refractivity contribution < 1.29 is 4.79 Å². The van der Waals surface area contributed by atoms with Gasteiger partial charge < -0.3 is 15.1 Å². The molecule has 4 heteroatoms. The first-order valence-corrected chi connectivity index (χ1v) is 8.71. The van der Waals surface area contributed by atoms with E-state index in [1.165, 1.54) is 0 Å². The van der Waals surface area contributed by atoms with Gasteiger partial charge in [0.1, 0.15) is 0 Å². The van der Waals surface area contributed by atoms with E-state index >= 15 is 0 Å². The summed E-state index contributed by atoms with van der Waals surface area (Å²) in [6.07, 6.45) is 1.93. The standard InChI is InChI=1S/C17H35N3O/c1-6-17(9-10-18-14-17)16(21)20(13-15(4)5)12-11-19(7-2)8-3/h15,18H,6-14H2,1-5H3. The van der Waals surface area contributed by atoms with Gasteiger partial charge in [0.2, 0.25) is 5.91 Å². The molecule has 0 aromatic heterocycles. The first kappa shape index (κ1) is 18.4. The van der Waals surface area contributed by atoms with Crippen LogP contribution in [0.2, 0.25) is 0 Å². The summed E-state index contributed by atoms with van der Waals surface area (Å²) in [5, 5.41) is 3.38. The van der Waals surface area contributed by atoms with Crippen LogP contribution in [0.4, 0.5) is 0 Å². The fourth-order valence-electron chi connectivity index (χ4n) is 3.23. The van der Waals surface area contributed by atoms with Gasteiger partial charge in [0.05, 0.1) is 5.41 Å². The van der Waals surface area contributed by atoms with E-state index in [1.807, 2.05) is 0 Å². The monoisotopic (exact) mass is 297 g/mol. The molecule has 0 aromatic carbocycles. The molecule has 0 bridgehead atoms. The average Bonchev–Trinajstić information content (AvgIpc) is 2.96. The lowest BCUT2D eigenvalue weighted by atomic mass is 9.82. The quantitative estimate of drug-likeness (QED) is 0.709. The second-order valence-corrected chi connectivity index (χ2v) is 6.73. The lowest BCUT2D eigenvalue weighted by molar-refractivity contribution is -0.142. The molecule has 1 amide bonds. The molecule has 1 N–H and O–H groups in total. The Kier molecular flexibility index (Phi) is 7.67. The van der Waals surface area contributed by atoms with Crippen LogP contribution in [0.5, 0.6) is 0 Å². The van der Waals surface area contributed by atoms with Gasteiger partial charge in [0.15, 0.2) is 0 Å². The molecule has 1 saturated heterocycles. The molecule has 0 spiro atoms. The molecule has 0 radical (unpaired) electrons. The Bertz CT molecular complexity index is 307. The number of nitrogens with zero attached hydrogens (tertiary/aromatic N) is 2. The summed E-state index contributed by atoms with van der Waals surface area (Å²) in [6.45, 7) is 17.6. The summed E-state index contributed by atoms with van der Waals surface area (Å²) in [7, 11) is 0. The topological polar surface area (TPSA) is 35.6 Å². The molecule has 1 rings (SSSR count). The third kappa shape index (κ3) is 4.96. The number of carbonyl (C=O) groups is 1. The van der Waals surface area contributed by atoms with Crippen molar-refractivity contribution in [1.82, 2.24) is 15.1 Å². The van der Waals surface area contributed by atoms with Gasteiger partial charge in [0, 0.05) is 26.2 Å². The van der Waals surface area contributed by atoms with E-state index in [0.29, 0.717) is 11.8 Å². The summed E-state index contributed by atoms with van der Waals surface area (Å²) >= 11 is 0. The van der Waals surface area contributed by atoms with Crippen LogP contribution in [0.15, 0.2) is 0 Å². The average molecular weight is 297 g/mol. The Labute approximate surface area is 131 Å². The van der Waals surface area contributed by atoms with Crippen molar-refractivity contribution in [2.45, 2.75) is 47.5 Å². The predicted octanol–water partition coefficient (Wildman–Crippen LogP) is 2.20. The maximum atomic E-state index is 13.1. The van der Waals surface area contributed by atoms with Gasteiger partial charge in [-0.3, -0.25) is 4.79 Å². The van der Waals surface area contributed by atoms with Gasteiger partial charge in [0.25, 0.3) is 0 Å².